The summed E-state index contributed by atoms with van der Waals surface area (Å²) >= 11 is 13.7. The van der Waals surface area contributed by atoms with Crippen LogP contribution in [0.1, 0.15) is 43.6 Å². The molecular formula is C31H35Cl2N10O2+. The quantitative estimate of drug-likeness (QED) is 0.213. The fourth-order valence-electron chi connectivity index (χ4n) is 5.63. The van der Waals surface area contributed by atoms with Crippen molar-refractivity contribution in [3.05, 3.63) is 81.9 Å². The van der Waals surface area contributed by atoms with E-state index in [2.05, 4.69) is 36.3 Å². The smallest absolute Gasteiger partial charge is 0.410 e. The van der Waals surface area contributed by atoms with Crippen LogP contribution in [-0.2, 0) is 17.7 Å². The minimum atomic E-state index is -0.560. The highest BCUT2D eigenvalue weighted by atomic mass is 35.5. The molecule has 0 saturated carbocycles. The summed E-state index contributed by atoms with van der Waals surface area (Å²) in [5, 5.41) is 12.2. The molecule has 1 aliphatic rings. The van der Waals surface area contributed by atoms with Gasteiger partial charge in [0.2, 0.25) is 5.82 Å². The fourth-order valence-corrected chi connectivity index (χ4v) is 6.09. The van der Waals surface area contributed by atoms with Gasteiger partial charge in [-0.15, -0.1) is 0 Å². The number of nitrogens with zero attached hydrogens (tertiary/aromatic N) is 7. The molecule has 14 heteroatoms. The van der Waals surface area contributed by atoms with Crippen molar-refractivity contribution in [3.8, 4) is 11.4 Å². The number of anilines is 1. The van der Waals surface area contributed by atoms with Crippen molar-refractivity contribution >= 4 is 46.3 Å². The lowest BCUT2D eigenvalue weighted by molar-refractivity contribution is -0.656. The van der Waals surface area contributed by atoms with Crippen LogP contribution in [0.4, 0.5) is 10.6 Å². The number of nitrogens with one attached hydrogen (secondary N) is 2. The third-order valence-electron chi connectivity index (χ3n) is 7.79. The number of rotatable bonds is 7. The third-order valence-corrected chi connectivity index (χ3v) is 8.50. The van der Waals surface area contributed by atoms with Crippen molar-refractivity contribution in [1.29, 1.82) is 0 Å². The summed E-state index contributed by atoms with van der Waals surface area (Å²) in [7, 11) is 0. The van der Waals surface area contributed by atoms with Crippen LogP contribution in [0, 0.1) is 0 Å². The Bertz CT molecular complexity index is 1810. The van der Waals surface area contributed by atoms with Crippen molar-refractivity contribution in [1.82, 2.24) is 40.2 Å². The number of H-pyrrole nitrogens is 2. The molecule has 45 heavy (non-hydrogen) atoms. The number of hydrogen-bond acceptors (Lipinski definition) is 8. The number of hydrogen-bond donors (Lipinski definition) is 3. The molecule has 6 rings (SSSR count). The maximum atomic E-state index is 12.8. The second-order valence-corrected chi connectivity index (χ2v) is 12.8. The molecule has 1 amide bonds. The number of ether oxygens (including phenoxy) is 1. The van der Waals surface area contributed by atoms with Gasteiger partial charge in [-0.3, -0.25) is 4.90 Å². The molecule has 12 nitrogen and oxygen atoms in total. The van der Waals surface area contributed by atoms with Gasteiger partial charge in [0.15, 0.2) is 11.8 Å². The van der Waals surface area contributed by atoms with Crippen LogP contribution in [0.15, 0.2) is 55.0 Å². The molecule has 4 N–H and O–H groups in total. The van der Waals surface area contributed by atoms with E-state index in [9.17, 15) is 4.79 Å². The van der Waals surface area contributed by atoms with Gasteiger partial charge < -0.3 is 20.4 Å². The first-order valence-corrected chi connectivity index (χ1v) is 15.4. The first kappa shape index (κ1) is 30.8. The Morgan fingerprint density at radius 1 is 1.11 bits per heavy atom. The van der Waals surface area contributed by atoms with E-state index >= 15 is 0 Å². The minimum absolute atomic E-state index is 0.145. The predicted molar refractivity (Wildman–Crippen MR) is 172 cm³/mol. The zero-order chi connectivity index (χ0) is 31.7. The van der Waals surface area contributed by atoms with Crippen LogP contribution in [0.2, 0.25) is 10.0 Å². The average Bonchev–Trinajstić information content (AvgIpc) is 3.71. The summed E-state index contributed by atoms with van der Waals surface area (Å²) in [5.41, 5.74) is 10.6. The zero-order valence-electron chi connectivity index (χ0n) is 25.3. The van der Waals surface area contributed by atoms with Crippen molar-refractivity contribution < 1.29 is 14.1 Å². The Morgan fingerprint density at radius 2 is 1.89 bits per heavy atom. The Morgan fingerprint density at radius 3 is 2.60 bits per heavy atom. The van der Waals surface area contributed by atoms with Gasteiger partial charge in [0, 0.05) is 42.3 Å². The van der Waals surface area contributed by atoms with Crippen LogP contribution >= 0.6 is 23.2 Å². The van der Waals surface area contributed by atoms with Crippen LogP contribution in [0.25, 0.3) is 22.6 Å². The van der Waals surface area contributed by atoms with Crippen LogP contribution < -0.4 is 10.3 Å². The van der Waals surface area contributed by atoms with Crippen LogP contribution in [-0.4, -0.2) is 78.0 Å². The van der Waals surface area contributed by atoms with Gasteiger partial charge in [0.25, 0.3) is 11.5 Å². The van der Waals surface area contributed by atoms with Gasteiger partial charge >= 0.3 is 6.09 Å². The molecule has 1 aliphatic heterocycles. The maximum absolute atomic E-state index is 12.8. The Hall–Kier alpha value is -4.26. The molecule has 0 bridgehead atoms. The van der Waals surface area contributed by atoms with Crippen molar-refractivity contribution in [3.63, 3.8) is 0 Å². The van der Waals surface area contributed by atoms with E-state index in [1.165, 1.54) is 0 Å². The predicted octanol–water partition coefficient (Wildman–Crippen LogP) is 4.80. The van der Waals surface area contributed by atoms with E-state index in [1.54, 1.807) is 17.4 Å². The van der Waals surface area contributed by atoms with E-state index < -0.39 is 5.60 Å². The summed E-state index contributed by atoms with van der Waals surface area (Å²) in [6.45, 7) is 8.30. The molecule has 0 aliphatic carbocycles. The number of aromatic amines is 2. The maximum Gasteiger partial charge on any atom is 0.410 e. The number of nitrogens with two attached hydrogens (primary N) is 1. The topological polar surface area (TPSA) is 146 Å². The summed E-state index contributed by atoms with van der Waals surface area (Å²) in [6, 6.07) is 13.6. The number of amides is 1. The van der Waals surface area contributed by atoms with E-state index in [1.807, 2.05) is 61.7 Å². The number of fused-ring (bicyclic) bond motifs is 1. The number of nitrogen functional groups attached to an aromatic ring is 1. The highest BCUT2D eigenvalue weighted by Gasteiger charge is 2.32. The lowest BCUT2D eigenvalue weighted by atomic mass is 9.94. The Labute approximate surface area is 270 Å². The van der Waals surface area contributed by atoms with Gasteiger partial charge in [0.05, 0.1) is 11.8 Å². The van der Waals surface area contributed by atoms with Gasteiger partial charge in [-0.1, -0.05) is 51.4 Å². The van der Waals surface area contributed by atoms with E-state index in [0.29, 0.717) is 77.7 Å². The first-order chi connectivity index (χ1) is 21.6. The van der Waals surface area contributed by atoms with Crippen LogP contribution in [0.3, 0.4) is 0 Å². The largest absolute Gasteiger partial charge is 0.444 e. The second kappa shape index (κ2) is 12.6. The molecule has 1 saturated heterocycles. The number of carbonyl (C=O) groups excluding carboxylic acids is 1. The number of aromatic nitrogens is 7. The molecule has 5 aromatic rings. The summed E-state index contributed by atoms with van der Waals surface area (Å²) < 4.78 is 7.58. The molecule has 3 aromatic heterocycles. The third kappa shape index (κ3) is 6.73. The molecule has 1 atom stereocenters. The molecule has 234 valence electrons. The molecule has 1 fully saturated rings. The van der Waals surface area contributed by atoms with E-state index in [0.717, 1.165) is 16.7 Å². The fraction of sp³-hybridized carbons (Fsp3) is 0.355. The average molecular weight is 651 g/mol. The Kier molecular flexibility index (Phi) is 8.63. The first-order valence-electron chi connectivity index (χ1n) is 14.7. The monoisotopic (exact) mass is 649 g/mol. The van der Waals surface area contributed by atoms with Crippen molar-refractivity contribution in [2.75, 3.05) is 31.9 Å². The number of piperazine rings is 1. The molecule has 1 unspecified atom stereocenters. The lowest BCUT2D eigenvalue weighted by Gasteiger charge is -2.40. The lowest BCUT2D eigenvalue weighted by Crippen LogP contribution is -2.51. The number of halogens is 2. The summed E-state index contributed by atoms with van der Waals surface area (Å²) in [4.78, 5) is 29.3. The van der Waals surface area contributed by atoms with E-state index in [4.69, 9.17) is 38.7 Å². The Balaban J connectivity index is 1.39. The van der Waals surface area contributed by atoms with Gasteiger partial charge in [0.1, 0.15) is 17.8 Å². The normalized spacial score (nSPS) is 15.0. The molecule has 0 spiro atoms. The number of carbonyl (C=O) groups is 1. The summed E-state index contributed by atoms with van der Waals surface area (Å²) in [5.74, 6) is 0.940. The molecule has 4 heterocycles. The van der Waals surface area contributed by atoms with Gasteiger partial charge in [-0.2, -0.15) is 15.4 Å². The SMILES string of the molecule is CC(C)(C)OC(=O)N1CCN(C(Cc2ccccc2Cl)c2cc(-c3nc(N)c4[nH]cnc4[n+]3Cc3cn[nH]n3)ccc2Cl)CC1. The second-order valence-electron chi connectivity index (χ2n) is 12.0. The molecule has 0 radical (unpaired) electrons. The van der Waals surface area contributed by atoms with Crippen molar-refractivity contribution in [2.24, 2.45) is 0 Å². The highest BCUT2D eigenvalue weighted by Crippen LogP contribution is 2.36. The zero-order valence-corrected chi connectivity index (χ0v) is 26.8. The minimum Gasteiger partial charge on any atom is -0.444 e. The van der Waals surface area contributed by atoms with Gasteiger partial charge in [-0.05, 0) is 62.6 Å². The standard InChI is InChI=1S/C31H34Cl2N10O2/c1-31(2,3)45-30(44)42-12-10-41(11-13-42)25(15-19-6-4-5-7-23(19)32)22-14-20(8-9-24(22)33)28-38-27(34)26-29(36-18-35-26)43(28)17-21-16-37-40-39-21/h4-9,14,16,18,25H,10-13,15,17H2,1-3H3,(H3,34,35,36,37,39,40)/p+1. The molecule has 2 aromatic carbocycles. The van der Waals surface area contributed by atoms with Crippen molar-refractivity contribution in [2.45, 2.75) is 45.4 Å². The molecular weight excluding hydrogens is 615 g/mol. The number of benzene rings is 2. The number of imidazole rings is 1. The van der Waals surface area contributed by atoms with Crippen LogP contribution in [0.5, 0.6) is 0 Å². The van der Waals surface area contributed by atoms with E-state index in [-0.39, 0.29) is 12.1 Å². The highest BCUT2D eigenvalue weighted by molar-refractivity contribution is 6.32. The summed E-state index contributed by atoms with van der Waals surface area (Å²) in [6.07, 6.45) is 3.56. The van der Waals surface area contributed by atoms with Gasteiger partial charge in [-0.25, -0.2) is 9.36 Å².